The van der Waals surface area contributed by atoms with Gasteiger partial charge in [0.2, 0.25) is 5.89 Å². The van der Waals surface area contributed by atoms with Crippen LogP contribution in [0, 0.1) is 6.92 Å². The van der Waals surface area contributed by atoms with Crippen LogP contribution in [-0.4, -0.2) is 15.9 Å². The van der Waals surface area contributed by atoms with Gasteiger partial charge in [0.25, 0.3) is 5.91 Å². The Labute approximate surface area is 122 Å². The van der Waals surface area contributed by atoms with Gasteiger partial charge in [-0.2, -0.15) is 0 Å². The molecule has 0 saturated carbocycles. The summed E-state index contributed by atoms with van der Waals surface area (Å²) < 4.78 is 5.39. The van der Waals surface area contributed by atoms with Crippen molar-refractivity contribution in [2.24, 2.45) is 0 Å². The largest absolute Gasteiger partial charge is 0.444 e. The molecule has 0 fully saturated rings. The molecule has 0 aliphatic heterocycles. The fraction of sp³-hybridized carbons (Fsp3) is 0.357. The minimum atomic E-state index is -0.312. The number of rotatable bonds is 4. The summed E-state index contributed by atoms with van der Waals surface area (Å²) in [5.74, 6) is 0.959. The Morgan fingerprint density at radius 2 is 2.25 bits per heavy atom. The minimum Gasteiger partial charge on any atom is -0.444 e. The van der Waals surface area contributed by atoms with Crippen molar-refractivity contribution < 1.29 is 9.21 Å². The van der Waals surface area contributed by atoms with Crippen molar-refractivity contribution in [3.05, 3.63) is 46.4 Å². The minimum absolute atomic E-state index is 0.229. The topological polar surface area (TPSA) is 68.0 Å². The van der Waals surface area contributed by atoms with Crippen LogP contribution in [0.3, 0.4) is 0 Å². The molecule has 2 aromatic rings. The third kappa shape index (κ3) is 3.36. The predicted octanol–water partition coefficient (Wildman–Crippen LogP) is 3.08. The molecule has 0 spiro atoms. The highest BCUT2D eigenvalue weighted by Crippen LogP contribution is 2.15. The summed E-state index contributed by atoms with van der Waals surface area (Å²) in [6, 6.07) is 2.96. The van der Waals surface area contributed by atoms with Crippen molar-refractivity contribution in [2.75, 3.05) is 0 Å². The molecule has 0 bridgehead atoms. The number of aryl methyl sites for hydroxylation is 2. The molecule has 0 aliphatic carbocycles. The van der Waals surface area contributed by atoms with Crippen molar-refractivity contribution >= 4 is 17.5 Å². The van der Waals surface area contributed by atoms with Crippen LogP contribution in [0.1, 0.15) is 47.6 Å². The molecular formula is C14H16ClN3O2. The van der Waals surface area contributed by atoms with E-state index >= 15 is 0 Å². The Bertz CT molecular complexity index is 625. The van der Waals surface area contributed by atoms with Crippen LogP contribution >= 0.6 is 11.6 Å². The number of halogens is 1. The lowest BCUT2D eigenvalue weighted by Gasteiger charge is -2.11. The van der Waals surface area contributed by atoms with Gasteiger partial charge in [-0.15, -0.1) is 0 Å². The molecule has 1 atom stereocenters. The zero-order chi connectivity index (χ0) is 14.7. The van der Waals surface area contributed by atoms with Crippen LogP contribution in [0.2, 0.25) is 5.15 Å². The number of carbonyl (C=O) groups excluding carboxylic acids is 1. The van der Waals surface area contributed by atoms with Crippen molar-refractivity contribution in [1.29, 1.82) is 0 Å². The summed E-state index contributed by atoms with van der Waals surface area (Å²) in [6.07, 6.45) is 2.34. The molecule has 0 radical (unpaired) electrons. The molecule has 1 amide bonds. The van der Waals surface area contributed by atoms with Gasteiger partial charge in [-0.25, -0.2) is 9.97 Å². The smallest absolute Gasteiger partial charge is 0.252 e. The van der Waals surface area contributed by atoms with Crippen molar-refractivity contribution in [1.82, 2.24) is 15.3 Å². The fourth-order valence-electron chi connectivity index (χ4n) is 1.78. The first-order chi connectivity index (χ1) is 9.49. The highest BCUT2D eigenvalue weighted by Gasteiger charge is 2.16. The standard InChI is InChI=1S/C14H16ClN3O2/c1-4-11-5-10(6-12(15)18-11)13(19)17-9(3)14-16-7-8(2)20-14/h5-7,9H,4H2,1-3H3,(H,17,19). The lowest BCUT2D eigenvalue weighted by molar-refractivity contribution is 0.0933. The molecule has 2 rings (SSSR count). The average molecular weight is 294 g/mol. The molecular weight excluding hydrogens is 278 g/mol. The van der Waals surface area contributed by atoms with E-state index in [1.807, 2.05) is 13.8 Å². The van der Waals surface area contributed by atoms with Gasteiger partial charge >= 0.3 is 0 Å². The number of nitrogens with zero attached hydrogens (tertiary/aromatic N) is 2. The first-order valence-corrected chi connectivity index (χ1v) is 6.77. The van der Waals surface area contributed by atoms with Gasteiger partial charge in [0.15, 0.2) is 0 Å². The van der Waals surface area contributed by atoms with Gasteiger partial charge < -0.3 is 9.73 Å². The fourth-order valence-corrected chi connectivity index (χ4v) is 2.00. The Morgan fingerprint density at radius 3 is 2.85 bits per heavy atom. The summed E-state index contributed by atoms with van der Waals surface area (Å²) in [6.45, 7) is 5.58. The Morgan fingerprint density at radius 1 is 1.50 bits per heavy atom. The van der Waals surface area contributed by atoms with Gasteiger partial charge in [0.05, 0.1) is 6.20 Å². The molecule has 20 heavy (non-hydrogen) atoms. The molecule has 5 nitrogen and oxygen atoms in total. The van der Waals surface area contributed by atoms with E-state index in [0.717, 1.165) is 12.1 Å². The number of oxazole rings is 1. The van der Waals surface area contributed by atoms with Crippen LogP contribution in [0.15, 0.2) is 22.7 Å². The summed E-state index contributed by atoms with van der Waals surface area (Å²) >= 11 is 5.91. The monoisotopic (exact) mass is 293 g/mol. The number of aromatic nitrogens is 2. The van der Waals surface area contributed by atoms with Crippen LogP contribution in [-0.2, 0) is 6.42 Å². The number of hydrogen-bond donors (Lipinski definition) is 1. The SMILES string of the molecule is CCc1cc(C(=O)NC(C)c2ncc(C)o2)cc(Cl)n1. The molecule has 0 aromatic carbocycles. The maximum atomic E-state index is 12.2. The third-order valence-electron chi connectivity index (χ3n) is 2.83. The van der Waals surface area contributed by atoms with E-state index in [1.54, 1.807) is 25.3 Å². The lowest BCUT2D eigenvalue weighted by atomic mass is 10.2. The number of pyridine rings is 1. The second-order valence-corrected chi connectivity index (χ2v) is 4.91. The summed E-state index contributed by atoms with van der Waals surface area (Å²) in [7, 11) is 0. The molecule has 1 N–H and O–H groups in total. The molecule has 0 saturated heterocycles. The normalized spacial score (nSPS) is 12.2. The summed E-state index contributed by atoms with van der Waals surface area (Å²) in [5.41, 5.74) is 1.26. The Hall–Kier alpha value is -1.88. The highest BCUT2D eigenvalue weighted by atomic mass is 35.5. The molecule has 6 heteroatoms. The van der Waals surface area contributed by atoms with Crippen LogP contribution in [0.5, 0.6) is 0 Å². The quantitative estimate of drug-likeness (QED) is 0.880. The highest BCUT2D eigenvalue weighted by molar-refractivity contribution is 6.29. The summed E-state index contributed by atoms with van der Waals surface area (Å²) in [4.78, 5) is 20.4. The van der Waals surface area contributed by atoms with E-state index in [0.29, 0.717) is 22.4 Å². The average Bonchev–Trinajstić information content (AvgIpc) is 2.84. The molecule has 1 unspecified atom stereocenters. The number of amides is 1. The van der Waals surface area contributed by atoms with E-state index in [-0.39, 0.29) is 11.9 Å². The van der Waals surface area contributed by atoms with Gasteiger partial charge in [0.1, 0.15) is 17.0 Å². The molecule has 0 aliphatic rings. The molecule has 2 heterocycles. The van der Waals surface area contributed by atoms with E-state index in [4.69, 9.17) is 16.0 Å². The zero-order valence-electron chi connectivity index (χ0n) is 11.6. The van der Waals surface area contributed by atoms with Crippen LogP contribution < -0.4 is 5.32 Å². The maximum Gasteiger partial charge on any atom is 0.252 e. The van der Waals surface area contributed by atoms with E-state index in [9.17, 15) is 4.79 Å². The van der Waals surface area contributed by atoms with Gasteiger partial charge in [-0.1, -0.05) is 18.5 Å². The number of nitrogens with one attached hydrogen (secondary N) is 1. The maximum absolute atomic E-state index is 12.2. The molecule has 2 aromatic heterocycles. The van der Waals surface area contributed by atoms with Gasteiger partial charge in [0, 0.05) is 11.3 Å². The Balaban J connectivity index is 2.13. The van der Waals surface area contributed by atoms with Crippen molar-refractivity contribution in [2.45, 2.75) is 33.2 Å². The van der Waals surface area contributed by atoms with E-state index < -0.39 is 0 Å². The summed E-state index contributed by atoms with van der Waals surface area (Å²) in [5, 5.41) is 3.14. The lowest BCUT2D eigenvalue weighted by Crippen LogP contribution is -2.27. The van der Waals surface area contributed by atoms with Crippen LogP contribution in [0.4, 0.5) is 0 Å². The van der Waals surface area contributed by atoms with E-state index in [1.165, 1.54) is 0 Å². The third-order valence-corrected chi connectivity index (χ3v) is 3.02. The first kappa shape index (κ1) is 14.5. The first-order valence-electron chi connectivity index (χ1n) is 6.39. The Kier molecular flexibility index (Phi) is 4.39. The van der Waals surface area contributed by atoms with Gasteiger partial charge in [-0.05, 0) is 32.4 Å². The molecule has 106 valence electrons. The van der Waals surface area contributed by atoms with Gasteiger partial charge in [-0.3, -0.25) is 4.79 Å². The van der Waals surface area contributed by atoms with E-state index in [2.05, 4.69) is 15.3 Å². The van der Waals surface area contributed by atoms with Crippen LogP contribution in [0.25, 0.3) is 0 Å². The zero-order valence-corrected chi connectivity index (χ0v) is 12.4. The number of carbonyl (C=O) groups is 1. The van der Waals surface area contributed by atoms with Crippen molar-refractivity contribution in [3.8, 4) is 0 Å². The second-order valence-electron chi connectivity index (χ2n) is 4.53. The number of hydrogen-bond acceptors (Lipinski definition) is 4. The van der Waals surface area contributed by atoms with Crippen molar-refractivity contribution in [3.63, 3.8) is 0 Å². The predicted molar refractivity (Wildman–Crippen MR) is 75.7 cm³/mol. The second kappa shape index (κ2) is 6.05.